The third-order valence-corrected chi connectivity index (χ3v) is 6.40. The highest BCUT2D eigenvalue weighted by Crippen LogP contribution is 2.24. The lowest BCUT2D eigenvalue weighted by molar-refractivity contribution is -0.121. The Balaban J connectivity index is 1.35. The molecule has 0 saturated carbocycles. The molecule has 0 bridgehead atoms. The second-order valence-electron chi connectivity index (χ2n) is 7.85. The predicted octanol–water partition coefficient (Wildman–Crippen LogP) is 4.56. The van der Waals surface area contributed by atoms with Crippen LogP contribution in [0.4, 0.5) is 5.69 Å². The predicted molar refractivity (Wildman–Crippen MR) is 134 cm³/mol. The number of imide groups is 1. The lowest BCUT2D eigenvalue weighted by Gasteiger charge is -2.16. The molecular weight excluding hydrogens is 536 g/mol. The Hall–Kier alpha value is -3.33. The van der Waals surface area contributed by atoms with Crippen molar-refractivity contribution in [1.82, 2.24) is 5.32 Å². The smallest absolute Gasteiger partial charge is 0.338 e. The monoisotopic (exact) mass is 554 g/mol. The van der Waals surface area contributed by atoms with Crippen molar-refractivity contribution in [3.63, 3.8) is 0 Å². The van der Waals surface area contributed by atoms with Gasteiger partial charge in [-0.25, -0.2) is 9.69 Å². The molecule has 2 amide bonds. The molecule has 1 unspecified atom stereocenters. The summed E-state index contributed by atoms with van der Waals surface area (Å²) in [6.45, 7) is -0.0505. The number of ketones is 1. The highest BCUT2D eigenvalue weighted by atomic mass is 79.9. The van der Waals surface area contributed by atoms with Crippen molar-refractivity contribution in [3.8, 4) is 0 Å². The summed E-state index contributed by atoms with van der Waals surface area (Å²) in [5, 5.41) is 3.67. The molecule has 3 aromatic carbocycles. The molecule has 0 spiro atoms. The van der Waals surface area contributed by atoms with Gasteiger partial charge in [-0.3, -0.25) is 14.4 Å². The summed E-state index contributed by atoms with van der Waals surface area (Å²) < 4.78 is 5.95. The fourth-order valence-electron chi connectivity index (χ4n) is 3.62. The first-order chi connectivity index (χ1) is 16.8. The minimum Gasteiger partial charge on any atom is -0.454 e. The number of nitrogens with one attached hydrogen (secondary N) is 1. The number of anilines is 1. The normalized spacial score (nSPS) is 15.4. The van der Waals surface area contributed by atoms with E-state index in [-0.39, 0.29) is 29.6 Å². The summed E-state index contributed by atoms with van der Waals surface area (Å²) in [4.78, 5) is 51.0. The fourth-order valence-corrected chi connectivity index (χ4v) is 4.08. The molecule has 1 heterocycles. The van der Waals surface area contributed by atoms with Gasteiger partial charge in [-0.15, -0.1) is 0 Å². The number of hydrogen-bond acceptors (Lipinski definition) is 6. The third-order valence-electron chi connectivity index (χ3n) is 5.51. The maximum Gasteiger partial charge on any atom is 0.338 e. The maximum atomic E-state index is 12.9. The van der Waals surface area contributed by atoms with Crippen LogP contribution in [0.2, 0.25) is 5.02 Å². The van der Waals surface area contributed by atoms with Gasteiger partial charge in [0.2, 0.25) is 5.91 Å². The third kappa shape index (κ3) is 5.85. The van der Waals surface area contributed by atoms with Crippen LogP contribution in [0, 0.1) is 0 Å². The molecule has 178 valence electrons. The van der Waals surface area contributed by atoms with Crippen molar-refractivity contribution in [2.45, 2.75) is 19.0 Å². The highest BCUT2D eigenvalue weighted by molar-refractivity contribution is 9.10. The van der Waals surface area contributed by atoms with E-state index >= 15 is 0 Å². The van der Waals surface area contributed by atoms with Gasteiger partial charge >= 0.3 is 5.97 Å². The van der Waals surface area contributed by atoms with Crippen molar-refractivity contribution in [3.05, 3.63) is 99.0 Å². The Morgan fingerprint density at radius 1 is 0.971 bits per heavy atom. The number of esters is 1. The first kappa shape index (κ1) is 24.8. The van der Waals surface area contributed by atoms with Gasteiger partial charge in [-0.2, -0.15) is 0 Å². The number of ether oxygens (including phenoxy) is 1. The van der Waals surface area contributed by atoms with Crippen LogP contribution in [0.5, 0.6) is 0 Å². The number of amides is 2. The Morgan fingerprint density at radius 2 is 1.63 bits per heavy atom. The number of rotatable bonds is 8. The zero-order valence-electron chi connectivity index (χ0n) is 18.4. The average molecular weight is 556 g/mol. The Bertz CT molecular complexity index is 1280. The summed E-state index contributed by atoms with van der Waals surface area (Å²) in [5.74, 6) is -1.73. The maximum absolute atomic E-state index is 12.9. The molecule has 0 radical (unpaired) electrons. The highest BCUT2D eigenvalue weighted by Gasteiger charge is 2.39. The number of nitrogens with zero attached hydrogens (tertiary/aromatic N) is 1. The Morgan fingerprint density at radius 3 is 2.31 bits per heavy atom. The summed E-state index contributed by atoms with van der Waals surface area (Å²) >= 11 is 9.45. The molecular formula is C26H20BrClN2O5. The van der Waals surface area contributed by atoms with E-state index in [2.05, 4.69) is 21.2 Å². The van der Waals surface area contributed by atoms with Gasteiger partial charge in [0.25, 0.3) is 5.91 Å². The largest absolute Gasteiger partial charge is 0.454 e. The van der Waals surface area contributed by atoms with Crippen LogP contribution in [-0.2, 0) is 20.9 Å². The first-order valence-corrected chi connectivity index (χ1v) is 11.9. The number of Topliss-reactive ketones (excluding diaryl/α,β-unsaturated/α-hetero) is 1. The molecule has 1 N–H and O–H groups in total. The van der Waals surface area contributed by atoms with Gasteiger partial charge in [0.1, 0.15) is 0 Å². The zero-order chi connectivity index (χ0) is 24.9. The molecule has 9 heteroatoms. The Labute approximate surface area is 215 Å². The topological polar surface area (TPSA) is 92.8 Å². The minimum absolute atomic E-state index is 0.0191. The van der Waals surface area contributed by atoms with E-state index in [4.69, 9.17) is 16.3 Å². The lowest BCUT2D eigenvalue weighted by Crippen LogP contribution is -2.38. The molecule has 3 aromatic rings. The lowest BCUT2D eigenvalue weighted by atomic mass is 10.1. The number of hydrogen-bond donors (Lipinski definition) is 1. The second kappa shape index (κ2) is 10.9. The van der Waals surface area contributed by atoms with Gasteiger partial charge in [0, 0.05) is 21.6 Å². The van der Waals surface area contributed by atoms with Crippen LogP contribution in [0.3, 0.4) is 0 Å². The SMILES string of the molecule is O=C(COC(=O)c1ccc(N2C(=O)CC(NCc3ccccc3Cl)C2=O)cc1)c1ccc(Br)cc1. The van der Waals surface area contributed by atoms with Gasteiger partial charge in [-0.05, 0) is 48.0 Å². The van der Waals surface area contributed by atoms with Crippen molar-refractivity contribution in [2.24, 2.45) is 0 Å². The summed E-state index contributed by atoms with van der Waals surface area (Å²) in [6.07, 6.45) is 0.0191. The molecule has 1 aliphatic rings. The first-order valence-electron chi connectivity index (χ1n) is 10.7. The average Bonchev–Trinajstić information content (AvgIpc) is 3.15. The van der Waals surface area contributed by atoms with Crippen molar-refractivity contribution >= 4 is 56.8 Å². The van der Waals surface area contributed by atoms with E-state index in [0.29, 0.717) is 22.8 Å². The van der Waals surface area contributed by atoms with Crippen LogP contribution in [0.25, 0.3) is 0 Å². The van der Waals surface area contributed by atoms with Crippen molar-refractivity contribution in [1.29, 1.82) is 0 Å². The molecule has 1 atom stereocenters. The van der Waals surface area contributed by atoms with E-state index in [1.165, 1.54) is 24.3 Å². The summed E-state index contributed by atoms with van der Waals surface area (Å²) in [6, 6.07) is 19.2. The van der Waals surface area contributed by atoms with E-state index < -0.39 is 18.6 Å². The van der Waals surface area contributed by atoms with Gasteiger partial charge in [0.15, 0.2) is 12.4 Å². The Kier molecular flexibility index (Phi) is 7.75. The molecule has 0 aliphatic carbocycles. The van der Waals surface area contributed by atoms with E-state index in [9.17, 15) is 19.2 Å². The number of halogens is 2. The molecule has 1 aliphatic heterocycles. The number of benzene rings is 3. The quantitative estimate of drug-likeness (QED) is 0.249. The summed E-state index contributed by atoms with van der Waals surface area (Å²) in [7, 11) is 0. The van der Waals surface area contributed by atoms with E-state index in [1.54, 1.807) is 30.3 Å². The van der Waals surface area contributed by atoms with Crippen LogP contribution in [0.1, 0.15) is 32.7 Å². The van der Waals surface area contributed by atoms with Crippen LogP contribution < -0.4 is 10.2 Å². The molecule has 7 nitrogen and oxygen atoms in total. The molecule has 4 rings (SSSR count). The van der Waals surface area contributed by atoms with Crippen molar-refractivity contribution in [2.75, 3.05) is 11.5 Å². The zero-order valence-corrected chi connectivity index (χ0v) is 20.7. The second-order valence-corrected chi connectivity index (χ2v) is 9.17. The van der Waals surface area contributed by atoms with Crippen LogP contribution in [-0.4, -0.2) is 36.2 Å². The van der Waals surface area contributed by atoms with Gasteiger partial charge in [-0.1, -0.05) is 57.9 Å². The fraction of sp³-hybridized carbons (Fsp3) is 0.154. The standard InChI is InChI=1S/C26H20BrClN2O5/c27-19-9-5-16(6-10-19)23(31)15-35-26(34)17-7-11-20(12-8-17)30-24(32)13-22(25(30)33)29-14-18-3-1-2-4-21(18)28/h1-12,22,29H,13-15H2. The molecule has 1 saturated heterocycles. The van der Waals surface area contributed by atoms with Gasteiger partial charge in [0.05, 0.1) is 23.7 Å². The van der Waals surface area contributed by atoms with E-state index in [0.717, 1.165) is 14.9 Å². The van der Waals surface area contributed by atoms with Crippen molar-refractivity contribution < 1.29 is 23.9 Å². The minimum atomic E-state index is -0.680. The van der Waals surface area contributed by atoms with E-state index in [1.807, 2.05) is 18.2 Å². The van der Waals surface area contributed by atoms with Crippen LogP contribution >= 0.6 is 27.5 Å². The molecule has 35 heavy (non-hydrogen) atoms. The van der Waals surface area contributed by atoms with Gasteiger partial charge < -0.3 is 10.1 Å². The number of carbonyl (C=O) groups excluding carboxylic acids is 4. The molecule has 0 aromatic heterocycles. The number of carbonyl (C=O) groups is 4. The summed E-state index contributed by atoms with van der Waals surface area (Å²) in [5.41, 5.74) is 1.81. The van der Waals surface area contributed by atoms with Crippen LogP contribution in [0.15, 0.2) is 77.3 Å². The molecule has 1 fully saturated rings.